The van der Waals surface area contributed by atoms with Crippen LogP contribution in [0.2, 0.25) is 0 Å². The Kier molecular flexibility index (Phi) is 5.26. The smallest absolute Gasteiger partial charge is 0.267 e. The zero-order valence-electron chi connectivity index (χ0n) is 14.4. The number of nitriles is 1. The van der Waals surface area contributed by atoms with Crippen LogP contribution in [-0.2, 0) is 11.3 Å². The Labute approximate surface area is 153 Å². The lowest BCUT2D eigenvalue weighted by Gasteiger charge is -2.21. The number of carbonyl (C=O) groups is 1. The SMILES string of the molecule is N#CC1CC=C(NC(=O)Cn2nc(C3=CCC(F)(F)CC3)ccc2=O)C=N1. The zero-order chi connectivity index (χ0) is 19.4. The van der Waals surface area contributed by atoms with E-state index in [2.05, 4.69) is 15.4 Å². The van der Waals surface area contributed by atoms with E-state index < -0.39 is 23.4 Å². The Morgan fingerprint density at radius 3 is 2.85 bits per heavy atom. The van der Waals surface area contributed by atoms with Gasteiger partial charge in [-0.15, -0.1) is 0 Å². The van der Waals surface area contributed by atoms with E-state index in [0.29, 0.717) is 23.4 Å². The average Bonchev–Trinajstić information content (AvgIpc) is 2.64. The molecule has 1 aromatic rings. The third kappa shape index (κ3) is 4.73. The topological polar surface area (TPSA) is 100 Å². The first-order chi connectivity index (χ1) is 12.9. The summed E-state index contributed by atoms with van der Waals surface area (Å²) in [5, 5.41) is 15.5. The van der Waals surface area contributed by atoms with Gasteiger partial charge in [-0.3, -0.25) is 14.6 Å². The lowest BCUT2D eigenvalue weighted by Crippen LogP contribution is -2.34. The van der Waals surface area contributed by atoms with E-state index >= 15 is 0 Å². The number of hydrogen-bond acceptors (Lipinski definition) is 5. The van der Waals surface area contributed by atoms with E-state index in [4.69, 9.17) is 5.26 Å². The number of alkyl halides is 2. The van der Waals surface area contributed by atoms with Crippen molar-refractivity contribution in [2.24, 2.45) is 4.99 Å². The summed E-state index contributed by atoms with van der Waals surface area (Å²) in [4.78, 5) is 28.1. The Balaban J connectivity index is 1.69. The molecule has 1 unspecified atom stereocenters. The summed E-state index contributed by atoms with van der Waals surface area (Å²) in [6.45, 7) is -0.316. The molecule has 2 aliphatic rings. The molecule has 1 aromatic heterocycles. The lowest BCUT2D eigenvalue weighted by molar-refractivity contribution is -0.121. The predicted molar refractivity (Wildman–Crippen MR) is 94.0 cm³/mol. The number of halogens is 2. The van der Waals surface area contributed by atoms with Gasteiger partial charge in [0.15, 0.2) is 0 Å². The highest BCUT2D eigenvalue weighted by Crippen LogP contribution is 2.35. The molecule has 0 radical (unpaired) electrons. The second-order valence-corrected chi connectivity index (χ2v) is 6.37. The van der Waals surface area contributed by atoms with Crippen LogP contribution in [0.4, 0.5) is 8.78 Å². The van der Waals surface area contributed by atoms with Crippen molar-refractivity contribution in [3.8, 4) is 6.07 Å². The monoisotopic (exact) mass is 373 g/mol. The van der Waals surface area contributed by atoms with Crippen molar-refractivity contribution in [1.29, 1.82) is 5.26 Å². The molecule has 3 rings (SSSR count). The summed E-state index contributed by atoms with van der Waals surface area (Å²) in [6, 6.07) is 4.29. The molecule has 140 valence electrons. The highest BCUT2D eigenvalue weighted by atomic mass is 19.3. The van der Waals surface area contributed by atoms with Gasteiger partial charge in [-0.25, -0.2) is 13.5 Å². The molecule has 27 heavy (non-hydrogen) atoms. The van der Waals surface area contributed by atoms with Crippen molar-refractivity contribution in [1.82, 2.24) is 15.1 Å². The molecule has 1 aliphatic carbocycles. The molecule has 0 fully saturated rings. The number of aliphatic imine (C=N–C) groups is 1. The van der Waals surface area contributed by atoms with Crippen LogP contribution in [0.15, 0.2) is 39.8 Å². The lowest BCUT2D eigenvalue weighted by atomic mass is 9.94. The number of rotatable bonds is 4. The zero-order valence-corrected chi connectivity index (χ0v) is 14.4. The van der Waals surface area contributed by atoms with Crippen molar-refractivity contribution in [3.63, 3.8) is 0 Å². The fraction of sp³-hybridized carbons (Fsp3) is 0.389. The fourth-order valence-corrected chi connectivity index (χ4v) is 2.79. The molecule has 9 heteroatoms. The number of carbonyl (C=O) groups excluding carboxylic acids is 1. The molecule has 1 aliphatic heterocycles. The minimum atomic E-state index is -2.71. The van der Waals surface area contributed by atoms with Gasteiger partial charge >= 0.3 is 0 Å². The van der Waals surface area contributed by atoms with Crippen molar-refractivity contribution in [3.05, 3.63) is 46.0 Å². The first-order valence-electron chi connectivity index (χ1n) is 8.44. The Hall–Kier alpha value is -3.15. The number of amides is 1. The van der Waals surface area contributed by atoms with E-state index in [1.54, 1.807) is 6.08 Å². The quantitative estimate of drug-likeness (QED) is 0.870. The highest BCUT2D eigenvalue weighted by Gasteiger charge is 2.31. The van der Waals surface area contributed by atoms with E-state index in [1.165, 1.54) is 24.4 Å². The van der Waals surface area contributed by atoms with Crippen molar-refractivity contribution in [2.75, 3.05) is 0 Å². The highest BCUT2D eigenvalue weighted by molar-refractivity contribution is 5.88. The van der Waals surface area contributed by atoms with Crippen molar-refractivity contribution >= 4 is 17.7 Å². The molecule has 0 aromatic carbocycles. The third-order valence-corrected chi connectivity index (χ3v) is 4.28. The van der Waals surface area contributed by atoms with Gasteiger partial charge in [0.25, 0.3) is 11.5 Å². The fourth-order valence-electron chi connectivity index (χ4n) is 2.79. The molecule has 0 saturated heterocycles. The maximum atomic E-state index is 13.3. The summed E-state index contributed by atoms with van der Waals surface area (Å²) in [5.74, 6) is -3.18. The number of aromatic nitrogens is 2. The van der Waals surface area contributed by atoms with Gasteiger partial charge in [-0.05, 0) is 18.1 Å². The number of nitrogens with one attached hydrogen (secondary N) is 1. The summed E-state index contributed by atoms with van der Waals surface area (Å²) in [5.41, 5.74) is 1.03. The van der Waals surface area contributed by atoms with Crippen LogP contribution in [0.25, 0.3) is 5.57 Å². The van der Waals surface area contributed by atoms with Crippen LogP contribution >= 0.6 is 0 Å². The van der Waals surface area contributed by atoms with E-state index in [-0.39, 0.29) is 25.8 Å². The molecule has 2 heterocycles. The molecule has 7 nitrogen and oxygen atoms in total. The second kappa shape index (κ2) is 7.61. The first kappa shape index (κ1) is 18.6. The van der Waals surface area contributed by atoms with Crippen LogP contribution in [0.5, 0.6) is 0 Å². The number of hydrogen-bond donors (Lipinski definition) is 1. The van der Waals surface area contributed by atoms with Crippen LogP contribution in [0.1, 0.15) is 31.4 Å². The normalized spacial score (nSPS) is 21.0. The largest absolute Gasteiger partial charge is 0.323 e. The summed E-state index contributed by atoms with van der Waals surface area (Å²) < 4.78 is 27.5. The first-order valence-corrected chi connectivity index (χ1v) is 8.44. The number of dihydropyridines is 1. The second-order valence-electron chi connectivity index (χ2n) is 6.37. The van der Waals surface area contributed by atoms with Gasteiger partial charge in [-0.1, -0.05) is 12.2 Å². The van der Waals surface area contributed by atoms with E-state index in [0.717, 1.165) is 4.68 Å². The standard InChI is InChI=1S/C18H17F2N5O2/c19-18(20)7-5-12(6-8-18)15-3-4-17(27)25(24-15)11-16(26)23-14-2-1-13(9-21)22-10-14/h2-5,10,13H,1,6-8,11H2,(H,23,26). The molecule has 0 spiro atoms. The summed E-state index contributed by atoms with van der Waals surface area (Å²) >= 11 is 0. The van der Waals surface area contributed by atoms with Gasteiger partial charge in [0, 0.05) is 31.5 Å². The van der Waals surface area contributed by atoms with Crippen LogP contribution < -0.4 is 10.9 Å². The predicted octanol–water partition coefficient (Wildman–Crippen LogP) is 1.81. The maximum Gasteiger partial charge on any atom is 0.267 e. The number of allylic oxidation sites excluding steroid dienone is 3. The minimum absolute atomic E-state index is 0.161. The molecule has 0 saturated carbocycles. The third-order valence-electron chi connectivity index (χ3n) is 4.28. The molecule has 1 atom stereocenters. The van der Waals surface area contributed by atoms with Gasteiger partial charge < -0.3 is 5.32 Å². The maximum absolute atomic E-state index is 13.3. The number of nitrogens with zero attached hydrogens (tertiary/aromatic N) is 4. The van der Waals surface area contributed by atoms with Gasteiger partial charge in [0.1, 0.15) is 12.6 Å². The van der Waals surface area contributed by atoms with Gasteiger partial charge in [0.2, 0.25) is 5.91 Å². The molecule has 1 N–H and O–H groups in total. The Bertz CT molecular complexity index is 940. The van der Waals surface area contributed by atoms with Crippen LogP contribution in [0.3, 0.4) is 0 Å². The van der Waals surface area contributed by atoms with Crippen LogP contribution in [-0.4, -0.2) is 33.9 Å². The van der Waals surface area contributed by atoms with Gasteiger partial charge in [0.05, 0.1) is 17.5 Å². The Morgan fingerprint density at radius 1 is 1.41 bits per heavy atom. The molecule has 1 amide bonds. The molecule has 0 bridgehead atoms. The Morgan fingerprint density at radius 2 is 2.22 bits per heavy atom. The minimum Gasteiger partial charge on any atom is -0.323 e. The van der Waals surface area contributed by atoms with Crippen molar-refractivity contribution < 1.29 is 13.6 Å². The van der Waals surface area contributed by atoms with E-state index in [1.807, 2.05) is 6.07 Å². The van der Waals surface area contributed by atoms with Crippen LogP contribution in [0, 0.1) is 11.3 Å². The molecular formula is C18H17F2N5O2. The summed E-state index contributed by atoms with van der Waals surface area (Å²) in [6.07, 6.45) is 4.43. The average molecular weight is 373 g/mol. The van der Waals surface area contributed by atoms with Gasteiger partial charge in [-0.2, -0.15) is 10.4 Å². The van der Waals surface area contributed by atoms with Crippen molar-refractivity contribution in [2.45, 2.75) is 44.2 Å². The van der Waals surface area contributed by atoms with E-state index in [9.17, 15) is 18.4 Å². The molecular weight excluding hydrogens is 356 g/mol. The summed E-state index contributed by atoms with van der Waals surface area (Å²) in [7, 11) is 0.